The van der Waals surface area contributed by atoms with Crippen molar-refractivity contribution in [3.63, 3.8) is 0 Å². The van der Waals surface area contributed by atoms with Crippen molar-refractivity contribution < 1.29 is 80.2 Å². The molecule has 0 saturated carbocycles. The number of rotatable bonds is 82. The lowest BCUT2D eigenvalue weighted by Gasteiger charge is -2.21. The average molecular weight is 1510 g/mol. The minimum atomic E-state index is -4.96. The predicted octanol–water partition coefficient (Wildman–Crippen LogP) is 25.3. The van der Waals surface area contributed by atoms with Gasteiger partial charge < -0.3 is 33.8 Å². The topological polar surface area (TPSA) is 237 Å². The molecule has 0 aromatic heterocycles. The zero-order valence-corrected chi connectivity index (χ0v) is 69.6. The van der Waals surface area contributed by atoms with Crippen molar-refractivity contribution in [1.82, 2.24) is 0 Å². The molecular formula is C84H164O17P2. The number of hydrogen-bond donors (Lipinski definition) is 3. The van der Waals surface area contributed by atoms with Gasteiger partial charge in [0.1, 0.15) is 19.3 Å². The van der Waals surface area contributed by atoms with Crippen LogP contribution in [-0.4, -0.2) is 96.7 Å². The third-order valence-corrected chi connectivity index (χ3v) is 21.5. The molecule has 5 atom stereocenters. The number of unbranched alkanes of at least 4 members (excludes halogenated alkanes) is 50. The van der Waals surface area contributed by atoms with Crippen LogP contribution in [0.15, 0.2) is 0 Å². The molecule has 0 aromatic rings. The van der Waals surface area contributed by atoms with Gasteiger partial charge in [-0.25, -0.2) is 9.13 Å². The minimum Gasteiger partial charge on any atom is -0.462 e. The molecule has 0 fully saturated rings. The van der Waals surface area contributed by atoms with Crippen LogP contribution in [0.3, 0.4) is 0 Å². The van der Waals surface area contributed by atoms with Gasteiger partial charge in [0.2, 0.25) is 0 Å². The Morgan fingerprint density at radius 2 is 0.447 bits per heavy atom. The van der Waals surface area contributed by atoms with Crippen molar-refractivity contribution in [2.24, 2.45) is 17.8 Å². The molecular weight excluding hydrogens is 1340 g/mol. The molecule has 19 heteroatoms. The van der Waals surface area contributed by atoms with E-state index in [2.05, 4.69) is 48.5 Å². The highest BCUT2D eigenvalue weighted by Gasteiger charge is 2.30. The lowest BCUT2D eigenvalue weighted by molar-refractivity contribution is -0.161. The van der Waals surface area contributed by atoms with E-state index < -0.39 is 97.5 Å². The number of esters is 4. The van der Waals surface area contributed by atoms with Crippen molar-refractivity contribution >= 4 is 39.5 Å². The molecule has 0 aliphatic rings. The van der Waals surface area contributed by atoms with Gasteiger partial charge in [-0.3, -0.25) is 37.3 Å². The summed E-state index contributed by atoms with van der Waals surface area (Å²) < 4.78 is 68.8. The molecule has 612 valence electrons. The van der Waals surface area contributed by atoms with Crippen molar-refractivity contribution in [1.29, 1.82) is 0 Å². The third-order valence-electron chi connectivity index (χ3n) is 19.6. The molecule has 0 amide bonds. The average Bonchev–Trinajstić information content (AvgIpc) is 0.925. The highest BCUT2D eigenvalue weighted by atomic mass is 31.2. The highest BCUT2D eigenvalue weighted by molar-refractivity contribution is 7.47. The predicted molar refractivity (Wildman–Crippen MR) is 423 cm³/mol. The van der Waals surface area contributed by atoms with E-state index in [4.69, 9.17) is 37.0 Å². The zero-order chi connectivity index (χ0) is 75.8. The van der Waals surface area contributed by atoms with Crippen LogP contribution < -0.4 is 0 Å². The number of ether oxygens (including phenoxy) is 4. The smallest absolute Gasteiger partial charge is 0.462 e. The summed E-state index contributed by atoms with van der Waals surface area (Å²) in [6, 6.07) is 0. The lowest BCUT2D eigenvalue weighted by atomic mass is 10.0. The fraction of sp³-hybridized carbons (Fsp3) is 0.952. The summed E-state index contributed by atoms with van der Waals surface area (Å²) in [4.78, 5) is 73.1. The Labute approximate surface area is 632 Å². The highest BCUT2D eigenvalue weighted by Crippen LogP contribution is 2.45. The molecule has 3 N–H and O–H groups in total. The Morgan fingerprint density at radius 1 is 0.262 bits per heavy atom. The lowest BCUT2D eigenvalue weighted by Crippen LogP contribution is -2.30. The molecule has 0 rings (SSSR count). The Balaban J connectivity index is 5.21. The number of carbonyl (C=O) groups is 4. The maximum atomic E-state index is 13.1. The standard InChI is InChI=1S/C84H164O17P2/c1-8-9-10-11-12-34-44-51-58-65-81(86)94-71-79(100-84(89)68-61-54-47-40-33-27-26-30-37-43-50-57-64-77(6)7)73-98-102(90,91)96-69-78(85)70-97-103(92,93)99-74-80(72-95-82(87)66-59-52-45-38-31-24-21-17-19-23-29-36-42-49-56-63-76(4)5)101-83(88)67-60-53-46-39-32-25-20-16-14-13-15-18-22-28-35-41-48-55-62-75(2)3/h75-80,85H,8-74H2,1-7H3,(H,90,91)(H,92,93)/t78-,79+,80+/m0/s1. The van der Waals surface area contributed by atoms with E-state index in [1.54, 1.807) is 0 Å². The van der Waals surface area contributed by atoms with Gasteiger partial charge in [-0.1, -0.05) is 389 Å². The Hall–Kier alpha value is -1.94. The van der Waals surface area contributed by atoms with Gasteiger partial charge in [0, 0.05) is 25.7 Å². The normalized spacial score (nSPS) is 13.9. The Kier molecular flexibility index (Phi) is 72.8. The first kappa shape index (κ1) is 101. The fourth-order valence-corrected chi connectivity index (χ4v) is 14.6. The van der Waals surface area contributed by atoms with Gasteiger partial charge in [-0.05, 0) is 43.4 Å². The van der Waals surface area contributed by atoms with E-state index in [-0.39, 0.29) is 25.7 Å². The van der Waals surface area contributed by atoms with Crippen LogP contribution >= 0.6 is 15.6 Å². The monoisotopic (exact) mass is 1510 g/mol. The van der Waals surface area contributed by atoms with Crippen molar-refractivity contribution in [3.8, 4) is 0 Å². The number of phosphoric acid groups is 2. The van der Waals surface area contributed by atoms with E-state index in [9.17, 15) is 43.2 Å². The number of hydrogen-bond acceptors (Lipinski definition) is 15. The van der Waals surface area contributed by atoms with Crippen molar-refractivity contribution in [2.45, 2.75) is 458 Å². The van der Waals surface area contributed by atoms with Gasteiger partial charge in [0.25, 0.3) is 0 Å². The van der Waals surface area contributed by atoms with Gasteiger partial charge >= 0.3 is 39.5 Å². The second-order valence-corrected chi connectivity index (χ2v) is 34.6. The fourth-order valence-electron chi connectivity index (χ4n) is 13.0. The minimum absolute atomic E-state index is 0.107. The summed E-state index contributed by atoms with van der Waals surface area (Å²) >= 11 is 0. The summed E-state index contributed by atoms with van der Waals surface area (Å²) in [5.74, 6) is 0.296. The molecule has 0 aromatic carbocycles. The van der Waals surface area contributed by atoms with Crippen LogP contribution in [0.2, 0.25) is 0 Å². The molecule has 0 saturated heterocycles. The van der Waals surface area contributed by atoms with Gasteiger partial charge in [-0.2, -0.15) is 0 Å². The van der Waals surface area contributed by atoms with Crippen LogP contribution in [-0.2, 0) is 65.4 Å². The molecule has 0 bridgehead atoms. The van der Waals surface area contributed by atoms with Crippen LogP contribution in [0.1, 0.15) is 440 Å². The van der Waals surface area contributed by atoms with Gasteiger partial charge in [0.15, 0.2) is 12.2 Å². The molecule has 17 nitrogen and oxygen atoms in total. The van der Waals surface area contributed by atoms with E-state index >= 15 is 0 Å². The first-order valence-electron chi connectivity index (χ1n) is 43.3. The summed E-state index contributed by atoms with van der Waals surface area (Å²) in [5, 5.41) is 10.7. The number of phosphoric ester groups is 2. The van der Waals surface area contributed by atoms with Gasteiger partial charge in [-0.15, -0.1) is 0 Å². The molecule has 0 radical (unpaired) electrons. The van der Waals surface area contributed by atoms with Gasteiger partial charge in [0.05, 0.1) is 26.4 Å². The summed E-state index contributed by atoms with van der Waals surface area (Å²) in [6.45, 7) is 12.0. The van der Waals surface area contributed by atoms with E-state index in [0.717, 1.165) is 108 Å². The largest absolute Gasteiger partial charge is 0.472 e. The Bertz CT molecular complexity index is 1990. The second kappa shape index (κ2) is 74.2. The zero-order valence-electron chi connectivity index (χ0n) is 67.8. The summed E-state index contributed by atoms with van der Waals surface area (Å²) in [6.07, 6.45) is 63.9. The number of aliphatic hydroxyl groups excluding tert-OH is 1. The number of aliphatic hydroxyl groups is 1. The molecule has 0 aliphatic heterocycles. The van der Waals surface area contributed by atoms with Crippen molar-refractivity contribution in [2.75, 3.05) is 39.6 Å². The molecule has 0 spiro atoms. The first-order valence-corrected chi connectivity index (χ1v) is 46.3. The first-order chi connectivity index (χ1) is 49.7. The van der Waals surface area contributed by atoms with E-state index in [1.165, 1.54) is 250 Å². The molecule has 0 aliphatic carbocycles. The Morgan fingerprint density at radius 3 is 0.660 bits per heavy atom. The van der Waals surface area contributed by atoms with Crippen LogP contribution in [0.5, 0.6) is 0 Å². The van der Waals surface area contributed by atoms with E-state index in [0.29, 0.717) is 25.7 Å². The maximum absolute atomic E-state index is 13.1. The summed E-state index contributed by atoms with van der Waals surface area (Å²) in [7, 11) is -9.92. The second-order valence-electron chi connectivity index (χ2n) is 31.6. The van der Waals surface area contributed by atoms with Crippen LogP contribution in [0, 0.1) is 17.8 Å². The quantitative estimate of drug-likeness (QED) is 0.0222. The van der Waals surface area contributed by atoms with Crippen molar-refractivity contribution in [3.05, 3.63) is 0 Å². The molecule has 0 heterocycles. The number of carbonyl (C=O) groups excluding carboxylic acids is 4. The van der Waals surface area contributed by atoms with Crippen LogP contribution in [0.4, 0.5) is 0 Å². The van der Waals surface area contributed by atoms with Crippen LogP contribution in [0.25, 0.3) is 0 Å². The van der Waals surface area contributed by atoms with E-state index in [1.807, 2.05) is 0 Å². The summed E-state index contributed by atoms with van der Waals surface area (Å²) in [5.41, 5.74) is 0. The SMILES string of the molecule is CCCCCCCCCCCC(=O)OC[C@H](COP(=O)(O)OC[C@H](O)COP(=O)(O)OC[C@@H](COC(=O)CCCCCCCCCCCCCCCCCC(C)C)OC(=O)CCCCCCCCCCCCCCCCCCCCC(C)C)OC(=O)CCCCCCCCCCCCCCC(C)C. The molecule has 103 heavy (non-hydrogen) atoms. The maximum Gasteiger partial charge on any atom is 0.472 e. The third kappa shape index (κ3) is 78.0. The molecule has 2 unspecified atom stereocenters.